The minimum absolute atomic E-state index is 0.162. The number of nitrogens with zero attached hydrogens (tertiary/aromatic N) is 1. The summed E-state index contributed by atoms with van der Waals surface area (Å²) in [6, 6.07) is 5.87. The van der Waals surface area contributed by atoms with Gasteiger partial charge in [0.1, 0.15) is 10.6 Å². The largest absolute Gasteiger partial charge is 0.401 e. The Morgan fingerprint density at radius 2 is 1.92 bits per heavy atom. The topological polar surface area (TPSA) is 53.5 Å². The van der Waals surface area contributed by atoms with E-state index in [1.165, 1.54) is 23.9 Å². The molecular formula is C17H21F4N3OS. The summed E-state index contributed by atoms with van der Waals surface area (Å²) in [5, 5.41) is 5.92. The standard InChI is InChI=1S/C17H21F4N3OS/c1-11(12-4-6-13(18)7-5-12)23-15-24-14(25)16(2,26-15)8-3-9-22-10-17(19,20)21/h4-7,11,22H,3,8-10H2,1-2H3,(H,23,24,25)/t11-,16?/m0/s1. The lowest BCUT2D eigenvalue weighted by atomic mass is 10.0. The number of thioether (sulfide) groups is 1. The van der Waals surface area contributed by atoms with Crippen molar-refractivity contribution in [1.29, 1.82) is 0 Å². The van der Waals surface area contributed by atoms with Crippen LogP contribution >= 0.6 is 11.8 Å². The fourth-order valence-electron chi connectivity index (χ4n) is 2.51. The first-order valence-electron chi connectivity index (χ1n) is 8.21. The molecule has 0 fully saturated rings. The molecular weight excluding hydrogens is 370 g/mol. The van der Waals surface area contributed by atoms with Crippen LogP contribution in [0.3, 0.4) is 0 Å². The van der Waals surface area contributed by atoms with Crippen LogP contribution in [-0.2, 0) is 4.79 Å². The highest BCUT2D eigenvalue weighted by molar-refractivity contribution is 8.16. The maximum atomic E-state index is 13.0. The summed E-state index contributed by atoms with van der Waals surface area (Å²) in [5.41, 5.74) is 0.854. The molecule has 0 aliphatic carbocycles. The second kappa shape index (κ2) is 8.39. The Balaban J connectivity index is 1.82. The van der Waals surface area contributed by atoms with Crippen LogP contribution in [0.5, 0.6) is 0 Å². The predicted molar refractivity (Wildman–Crippen MR) is 94.5 cm³/mol. The molecule has 2 atom stereocenters. The van der Waals surface area contributed by atoms with Gasteiger partial charge < -0.3 is 10.6 Å². The third kappa shape index (κ3) is 5.98. The number of carbonyl (C=O) groups is 1. The van der Waals surface area contributed by atoms with E-state index in [4.69, 9.17) is 0 Å². The van der Waals surface area contributed by atoms with Crippen molar-refractivity contribution in [3.63, 3.8) is 0 Å². The zero-order valence-electron chi connectivity index (χ0n) is 14.5. The lowest BCUT2D eigenvalue weighted by Gasteiger charge is -2.21. The molecule has 1 amide bonds. The molecule has 0 bridgehead atoms. The molecule has 0 spiro atoms. The van der Waals surface area contributed by atoms with Crippen molar-refractivity contribution < 1.29 is 22.4 Å². The smallest absolute Gasteiger partial charge is 0.358 e. The van der Waals surface area contributed by atoms with Crippen LogP contribution in [0.4, 0.5) is 17.6 Å². The van der Waals surface area contributed by atoms with Crippen LogP contribution in [0.2, 0.25) is 0 Å². The third-order valence-electron chi connectivity index (χ3n) is 4.02. The van der Waals surface area contributed by atoms with Crippen LogP contribution in [0.25, 0.3) is 0 Å². The van der Waals surface area contributed by atoms with Gasteiger partial charge in [0.2, 0.25) is 0 Å². The van der Waals surface area contributed by atoms with E-state index in [9.17, 15) is 22.4 Å². The number of amidine groups is 1. The summed E-state index contributed by atoms with van der Waals surface area (Å²) >= 11 is 1.28. The summed E-state index contributed by atoms with van der Waals surface area (Å²) < 4.78 is 48.5. The van der Waals surface area contributed by atoms with Gasteiger partial charge >= 0.3 is 6.18 Å². The molecule has 1 unspecified atom stereocenters. The van der Waals surface area contributed by atoms with E-state index in [2.05, 4.69) is 15.6 Å². The van der Waals surface area contributed by atoms with Crippen molar-refractivity contribution in [2.45, 2.75) is 43.7 Å². The molecule has 0 saturated carbocycles. The second-order valence-electron chi connectivity index (χ2n) is 6.37. The van der Waals surface area contributed by atoms with Gasteiger partial charge in [-0.2, -0.15) is 18.2 Å². The fraction of sp³-hybridized carbons (Fsp3) is 0.529. The van der Waals surface area contributed by atoms with Crippen molar-refractivity contribution in [2.24, 2.45) is 4.99 Å². The average molecular weight is 391 g/mol. The van der Waals surface area contributed by atoms with E-state index in [1.54, 1.807) is 19.1 Å². The summed E-state index contributed by atoms with van der Waals surface area (Å²) in [7, 11) is 0. The number of rotatable bonds is 7. The lowest BCUT2D eigenvalue weighted by Crippen LogP contribution is -2.32. The number of aliphatic imine (C=N–C) groups is 1. The Hall–Kier alpha value is -1.61. The fourth-order valence-corrected chi connectivity index (χ4v) is 3.68. The molecule has 1 heterocycles. The molecule has 9 heteroatoms. The Bertz CT molecular complexity index is 663. The summed E-state index contributed by atoms with van der Waals surface area (Å²) in [4.78, 5) is 16.2. The van der Waals surface area contributed by atoms with Gasteiger partial charge in [0.05, 0.1) is 12.6 Å². The predicted octanol–water partition coefficient (Wildman–Crippen LogP) is 3.80. The summed E-state index contributed by atoms with van der Waals surface area (Å²) in [6.07, 6.45) is -3.39. The Kier molecular flexibility index (Phi) is 6.68. The minimum Gasteiger partial charge on any atom is -0.358 e. The van der Waals surface area contributed by atoms with Crippen molar-refractivity contribution in [1.82, 2.24) is 10.6 Å². The highest BCUT2D eigenvalue weighted by atomic mass is 32.2. The molecule has 1 aromatic carbocycles. The first-order chi connectivity index (χ1) is 12.1. The number of hydrogen-bond acceptors (Lipinski definition) is 4. The molecule has 144 valence electrons. The maximum absolute atomic E-state index is 13.0. The zero-order valence-corrected chi connectivity index (χ0v) is 15.3. The Morgan fingerprint density at radius 1 is 1.27 bits per heavy atom. The molecule has 1 aromatic rings. The second-order valence-corrected chi connectivity index (χ2v) is 7.86. The first kappa shape index (κ1) is 20.7. The van der Waals surface area contributed by atoms with E-state index < -0.39 is 17.5 Å². The zero-order chi connectivity index (χ0) is 19.4. The molecule has 1 aliphatic heterocycles. The lowest BCUT2D eigenvalue weighted by molar-refractivity contribution is -0.125. The van der Waals surface area contributed by atoms with Crippen molar-refractivity contribution in [3.05, 3.63) is 35.6 Å². The Morgan fingerprint density at radius 3 is 2.54 bits per heavy atom. The normalized spacial score (nSPS) is 21.6. The number of hydrogen-bond donors (Lipinski definition) is 2. The third-order valence-corrected chi connectivity index (χ3v) is 5.25. The van der Waals surface area contributed by atoms with Gasteiger partial charge in [-0.3, -0.25) is 4.79 Å². The quantitative estimate of drug-likeness (QED) is 0.548. The summed E-state index contributed by atoms with van der Waals surface area (Å²) in [6.45, 7) is 2.75. The molecule has 4 nitrogen and oxygen atoms in total. The number of halogens is 4. The molecule has 0 aromatic heterocycles. The van der Waals surface area contributed by atoms with Gasteiger partial charge in [-0.1, -0.05) is 23.9 Å². The number of alkyl halides is 3. The molecule has 0 saturated heterocycles. The van der Waals surface area contributed by atoms with Crippen molar-refractivity contribution in [3.8, 4) is 0 Å². The van der Waals surface area contributed by atoms with Gasteiger partial charge in [-0.15, -0.1) is 0 Å². The number of nitrogens with one attached hydrogen (secondary N) is 2. The summed E-state index contributed by atoms with van der Waals surface area (Å²) in [5.74, 6) is -0.623. The highest BCUT2D eigenvalue weighted by Gasteiger charge is 2.40. The van der Waals surface area contributed by atoms with E-state index >= 15 is 0 Å². The SMILES string of the molecule is C[C@H](NC1=NC(=O)C(C)(CCCNCC(F)(F)F)S1)c1ccc(F)cc1. The van der Waals surface area contributed by atoms with Crippen LogP contribution in [-0.4, -0.2) is 35.1 Å². The van der Waals surface area contributed by atoms with Gasteiger partial charge in [0.15, 0.2) is 5.17 Å². The van der Waals surface area contributed by atoms with E-state index in [0.717, 1.165) is 5.56 Å². The van der Waals surface area contributed by atoms with Crippen LogP contribution in [0, 0.1) is 5.82 Å². The first-order valence-corrected chi connectivity index (χ1v) is 9.02. The molecule has 2 N–H and O–H groups in total. The van der Waals surface area contributed by atoms with Crippen LogP contribution in [0.1, 0.15) is 38.3 Å². The molecule has 0 radical (unpaired) electrons. The minimum atomic E-state index is -4.24. The Labute approximate surface area is 153 Å². The van der Waals surface area contributed by atoms with E-state index in [0.29, 0.717) is 18.0 Å². The van der Waals surface area contributed by atoms with Gasteiger partial charge in [0, 0.05) is 0 Å². The number of benzene rings is 1. The molecule has 1 aliphatic rings. The highest BCUT2D eigenvalue weighted by Crippen LogP contribution is 2.37. The number of carbonyl (C=O) groups excluding carboxylic acids is 1. The average Bonchev–Trinajstić information content (AvgIpc) is 2.80. The van der Waals surface area contributed by atoms with Gasteiger partial charge in [0.25, 0.3) is 5.91 Å². The van der Waals surface area contributed by atoms with Gasteiger partial charge in [-0.25, -0.2) is 4.39 Å². The van der Waals surface area contributed by atoms with Crippen molar-refractivity contribution >= 4 is 22.8 Å². The molecule has 2 rings (SSSR count). The van der Waals surface area contributed by atoms with Gasteiger partial charge in [-0.05, 0) is 50.9 Å². The van der Waals surface area contributed by atoms with E-state index in [-0.39, 0.29) is 24.3 Å². The van der Waals surface area contributed by atoms with E-state index in [1.807, 2.05) is 6.92 Å². The monoisotopic (exact) mass is 391 g/mol. The van der Waals surface area contributed by atoms with Crippen LogP contribution in [0.15, 0.2) is 29.3 Å². The van der Waals surface area contributed by atoms with Crippen molar-refractivity contribution in [2.75, 3.05) is 13.1 Å². The van der Waals surface area contributed by atoms with Crippen LogP contribution < -0.4 is 10.6 Å². The maximum Gasteiger partial charge on any atom is 0.401 e. The molecule has 26 heavy (non-hydrogen) atoms. The number of amides is 1.